The Labute approximate surface area is 153 Å². The van der Waals surface area contributed by atoms with Crippen molar-refractivity contribution in [1.29, 1.82) is 0 Å². The van der Waals surface area contributed by atoms with Gasteiger partial charge in [0.1, 0.15) is 17.3 Å². The molecule has 5 nitrogen and oxygen atoms in total. The molecule has 0 bridgehead atoms. The topological polar surface area (TPSA) is 75.6 Å². The molecule has 2 aliphatic heterocycles. The molecule has 26 heavy (non-hydrogen) atoms. The summed E-state index contributed by atoms with van der Waals surface area (Å²) >= 11 is 6.08. The number of aliphatic imine (C=N–C) groups is 1. The highest BCUT2D eigenvalue weighted by molar-refractivity contribution is 6.31. The highest BCUT2D eigenvalue weighted by Gasteiger charge is 2.40. The van der Waals surface area contributed by atoms with Gasteiger partial charge in [-0.2, -0.15) is 0 Å². The molecule has 0 unspecified atom stereocenters. The zero-order chi connectivity index (χ0) is 18.1. The van der Waals surface area contributed by atoms with E-state index >= 15 is 0 Å². The Hall–Kier alpha value is -2.73. The maximum Gasteiger partial charge on any atom is 0.199 e. The minimum Gasteiger partial charge on any atom is -0.494 e. The molecule has 0 fully saturated rings. The molecule has 1 aromatic heterocycles. The number of nitrogens with two attached hydrogens (primary N) is 1. The van der Waals surface area contributed by atoms with Crippen molar-refractivity contribution in [1.82, 2.24) is 4.57 Å². The summed E-state index contributed by atoms with van der Waals surface area (Å²) in [5.74, 6) is 0.0306. The summed E-state index contributed by atoms with van der Waals surface area (Å²) in [6, 6.07) is 10.3. The Kier molecular flexibility index (Phi) is 3.07. The number of amidine groups is 1. The molecule has 132 valence electrons. The average Bonchev–Trinajstić information content (AvgIpc) is 2.86. The second kappa shape index (κ2) is 5.14. The van der Waals surface area contributed by atoms with Gasteiger partial charge in [0, 0.05) is 46.6 Å². The van der Waals surface area contributed by atoms with E-state index < -0.39 is 5.66 Å². The van der Waals surface area contributed by atoms with Crippen molar-refractivity contribution in [3.05, 3.63) is 58.5 Å². The summed E-state index contributed by atoms with van der Waals surface area (Å²) in [7, 11) is 0. The van der Waals surface area contributed by atoms with E-state index in [0.29, 0.717) is 35.7 Å². The largest absolute Gasteiger partial charge is 0.494 e. The van der Waals surface area contributed by atoms with Crippen molar-refractivity contribution in [3.63, 3.8) is 0 Å². The summed E-state index contributed by atoms with van der Waals surface area (Å²) < 4.78 is 16.0. The number of hydrogen-bond acceptors (Lipinski definition) is 4. The van der Waals surface area contributed by atoms with Crippen molar-refractivity contribution in [2.24, 2.45) is 10.7 Å². The van der Waals surface area contributed by atoms with E-state index in [4.69, 9.17) is 17.3 Å². The summed E-state index contributed by atoms with van der Waals surface area (Å²) in [6.45, 7) is 0.571. The van der Waals surface area contributed by atoms with E-state index in [1.807, 2.05) is 22.8 Å². The third kappa shape index (κ3) is 2.05. The maximum atomic E-state index is 14.1. The number of anilines is 1. The van der Waals surface area contributed by atoms with Crippen molar-refractivity contribution in [3.8, 4) is 5.88 Å². The Morgan fingerprint density at radius 2 is 2.12 bits per heavy atom. The van der Waals surface area contributed by atoms with Crippen LogP contribution in [0.1, 0.15) is 17.7 Å². The van der Waals surface area contributed by atoms with Crippen LogP contribution in [0.25, 0.3) is 10.8 Å². The number of aromatic hydroxyl groups is 1. The molecule has 0 saturated heterocycles. The van der Waals surface area contributed by atoms with Gasteiger partial charge >= 0.3 is 0 Å². The molecular formula is C19H16ClFN4O. The van der Waals surface area contributed by atoms with Crippen LogP contribution in [-0.4, -0.2) is 21.2 Å². The van der Waals surface area contributed by atoms with E-state index in [-0.39, 0.29) is 17.5 Å². The van der Waals surface area contributed by atoms with Crippen molar-refractivity contribution < 1.29 is 9.50 Å². The monoisotopic (exact) mass is 370 g/mol. The van der Waals surface area contributed by atoms with E-state index in [1.165, 1.54) is 6.07 Å². The van der Waals surface area contributed by atoms with E-state index in [1.54, 1.807) is 12.1 Å². The molecule has 0 radical (unpaired) electrons. The van der Waals surface area contributed by atoms with Crippen molar-refractivity contribution >= 4 is 33.9 Å². The smallest absolute Gasteiger partial charge is 0.199 e. The van der Waals surface area contributed by atoms with Crippen LogP contribution in [0.3, 0.4) is 0 Å². The second-order valence-electron chi connectivity index (χ2n) is 6.85. The lowest BCUT2D eigenvalue weighted by Gasteiger charge is -2.39. The molecule has 4 N–H and O–H groups in total. The molecule has 0 saturated carbocycles. The van der Waals surface area contributed by atoms with Crippen molar-refractivity contribution in [2.75, 3.05) is 5.32 Å². The minimum atomic E-state index is -0.655. The van der Waals surface area contributed by atoms with Gasteiger partial charge in [-0.05, 0) is 24.3 Å². The van der Waals surface area contributed by atoms with Gasteiger partial charge in [-0.1, -0.05) is 23.7 Å². The summed E-state index contributed by atoms with van der Waals surface area (Å²) in [6.07, 6.45) is 1.15. The highest BCUT2D eigenvalue weighted by atomic mass is 35.5. The molecule has 1 atom stereocenters. The first-order chi connectivity index (χ1) is 12.5. The number of nitrogens with zero attached hydrogens (tertiary/aromatic N) is 2. The molecule has 3 aromatic rings. The van der Waals surface area contributed by atoms with Crippen LogP contribution in [-0.2, 0) is 13.0 Å². The fourth-order valence-corrected chi connectivity index (χ4v) is 4.29. The zero-order valence-corrected chi connectivity index (χ0v) is 14.5. The van der Waals surface area contributed by atoms with Gasteiger partial charge in [0.15, 0.2) is 5.88 Å². The standard InChI is InChI=1S/C19H16ClFN4O/c20-10-4-5-11-12(8-10)18(26)25-7-6-19(9-15(11)25)23-14-3-1-2-13(21)16(14)17(22)24-19/h1-5,8,23,26H,6-7,9H2,(H2,22,24)/t19-/m1/s1. The van der Waals surface area contributed by atoms with E-state index in [0.717, 1.165) is 16.5 Å². The number of benzene rings is 2. The zero-order valence-electron chi connectivity index (χ0n) is 13.8. The predicted molar refractivity (Wildman–Crippen MR) is 100 cm³/mol. The number of halogens is 2. The third-order valence-electron chi connectivity index (χ3n) is 5.30. The molecule has 2 aliphatic rings. The lowest BCUT2D eigenvalue weighted by atomic mass is 9.92. The molecule has 0 amide bonds. The van der Waals surface area contributed by atoms with Crippen LogP contribution >= 0.6 is 11.6 Å². The van der Waals surface area contributed by atoms with Gasteiger partial charge in [0.25, 0.3) is 0 Å². The molecule has 1 spiro atoms. The number of fused-ring (bicyclic) bond motifs is 4. The van der Waals surface area contributed by atoms with Gasteiger partial charge in [0.2, 0.25) is 0 Å². The van der Waals surface area contributed by atoms with Crippen LogP contribution < -0.4 is 11.1 Å². The quantitative estimate of drug-likeness (QED) is 0.565. The highest BCUT2D eigenvalue weighted by Crippen LogP contribution is 2.42. The van der Waals surface area contributed by atoms with Gasteiger partial charge < -0.3 is 20.7 Å². The fourth-order valence-electron chi connectivity index (χ4n) is 4.12. The van der Waals surface area contributed by atoms with Crippen molar-refractivity contribution in [2.45, 2.75) is 25.0 Å². The van der Waals surface area contributed by atoms with Gasteiger partial charge in [0.05, 0.1) is 5.56 Å². The molecule has 3 heterocycles. The molecule has 7 heteroatoms. The predicted octanol–water partition coefficient (Wildman–Crippen LogP) is 3.61. The first-order valence-corrected chi connectivity index (χ1v) is 8.77. The SMILES string of the molecule is NC1=N[C@@]2(CCn3c(O)c4cc(Cl)ccc4c3C2)Nc2cccc(F)c21. The van der Waals surface area contributed by atoms with Crippen LogP contribution in [0.2, 0.25) is 5.02 Å². The lowest BCUT2D eigenvalue weighted by molar-refractivity contribution is 0.331. The van der Waals surface area contributed by atoms with Gasteiger partial charge in [-0.25, -0.2) is 9.38 Å². The van der Waals surface area contributed by atoms with Crippen LogP contribution in [0.4, 0.5) is 10.1 Å². The van der Waals surface area contributed by atoms with Crippen LogP contribution in [0.15, 0.2) is 41.4 Å². The second-order valence-corrected chi connectivity index (χ2v) is 7.29. The molecule has 2 aromatic carbocycles. The molecule has 0 aliphatic carbocycles. The lowest BCUT2D eigenvalue weighted by Crippen LogP contribution is -2.48. The first kappa shape index (κ1) is 15.5. The molecular weight excluding hydrogens is 355 g/mol. The Bertz CT molecular complexity index is 1110. The Balaban J connectivity index is 1.65. The summed E-state index contributed by atoms with van der Waals surface area (Å²) in [4.78, 5) is 4.63. The Morgan fingerprint density at radius 1 is 1.27 bits per heavy atom. The summed E-state index contributed by atoms with van der Waals surface area (Å²) in [5, 5.41) is 16.2. The number of rotatable bonds is 0. The van der Waals surface area contributed by atoms with Crippen LogP contribution in [0, 0.1) is 5.82 Å². The molecule has 5 rings (SSSR count). The van der Waals surface area contributed by atoms with E-state index in [9.17, 15) is 9.50 Å². The van der Waals surface area contributed by atoms with E-state index in [2.05, 4.69) is 10.3 Å². The Morgan fingerprint density at radius 3 is 2.96 bits per heavy atom. The number of aromatic nitrogens is 1. The minimum absolute atomic E-state index is 0.202. The normalized spacial score (nSPS) is 21.2. The van der Waals surface area contributed by atoms with Gasteiger partial charge in [-0.15, -0.1) is 0 Å². The summed E-state index contributed by atoms with van der Waals surface area (Å²) in [5.41, 5.74) is 7.38. The first-order valence-electron chi connectivity index (χ1n) is 8.39. The maximum absolute atomic E-state index is 14.1. The number of nitrogens with one attached hydrogen (secondary N) is 1. The average molecular weight is 371 g/mol. The van der Waals surface area contributed by atoms with Gasteiger partial charge in [-0.3, -0.25) is 0 Å². The third-order valence-corrected chi connectivity index (χ3v) is 5.53. The number of hydrogen-bond donors (Lipinski definition) is 3. The van der Waals surface area contributed by atoms with Crippen LogP contribution in [0.5, 0.6) is 5.88 Å². The fraction of sp³-hybridized carbons (Fsp3) is 0.211.